The predicted octanol–water partition coefficient (Wildman–Crippen LogP) is 4.78. The van der Waals surface area contributed by atoms with Crippen molar-refractivity contribution in [2.75, 3.05) is 10.6 Å². The Bertz CT molecular complexity index is 1170. The van der Waals surface area contributed by atoms with E-state index in [1.165, 1.54) is 6.07 Å². The first kappa shape index (κ1) is 20.1. The Labute approximate surface area is 183 Å². The standard InChI is InChI=1S/C21H18ClFN6S/c22-17-6-3-4-15(10-17)12-29-14-18(11-24-29)25-21(30)26-20-8-9-28(27-20)13-16-5-1-2-7-19(16)23/h1-11,14H,12-13H2,(H2,25,26,27,30). The van der Waals surface area contributed by atoms with Crippen LogP contribution in [-0.4, -0.2) is 24.7 Å². The number of nitrogens with one attached hydrogen (secondary N) is 2. The second-order valence-electron chi connectivity index (χ2n) is 6.63. The van der Waals surface area contributed by atoms with Gasteiger partial charge in [0.25, 0.3) is 0 Å². The normalized spacial score (nSPS) is 10.7. The van der Waals surface area contributed by atoms with Gasteiger partial charge in [-0.2, -0.15) is 10.2 Å². The largest absolute Gasteiger partial charge is 0.330 e. The van der Waals surface area contributed by atoms with Crippen molar-refractivity contribution in [3.05, 3.63) is 95.2 Å². The molecule has 0 bridgehead atoms. The molecule has 0 unspecified atom stereocenters. The van der Waals surface area contributed by atoms with E-state index in [0.29, 0.717) is 34.6 Å². The maximum Gasteiger partial charge on any atom is 0.176 e. The summed E-state index contributed by atoms with van der Waals surface area (Å²) in [6.45, 7) is 0.938. The summed E-state index contributed by atoms with van der Waals surface area (Å²) in [6.07, 6.45) is 5.31. The highest BCUT2D eigenvalue weighted by Crippen LogP contribution is 2.14. The van der Waals surface area contributed by atoms with Crippen molar-refractivity contribution < 1.29 is 4.39 Å². The van der Waals surface area contributed by atoms with Crippen molar-refractivity contribution in [3.63, 3.8) is 0 Å². The molecule has 6 nitrogen and oxygen atoms in total. The first-order valence-corrected chi connectivity index (χ1v) is 9.95. The summed E-state index contributed by atoms with van der Waals surface area (Å²) in [7, 11) is 0. The number of anilines is 2. The molecule has 0 aliphatic rings. The summed E-state index contributed by atoms with van der Waals surface area (Å²) in [5.74, 6) is 0.310. The second-order valence-corrected chi connectivity index (χ2v) is 7.47. The van der Waals surface area contributed by atoms with E-state index in [1.807, 2.05) is 30.5 Å². The maximum absolute atomic E-state index is 13.8. The zero-order valence-corrected chi connectivity index (χ0v) is 17.4. The molecule has 0 aliphatic carbocycles. The number of aromatic nitrogens is 4. The molecule has 0 atom stereocenters. The highest BCUT2D eigenvalue weighted by molar-refractivity contribution is 7.80. The average Bonchev–Trinajstić information content (AvgIpc) is 3.33. The number of benzene rings is 2. The van der Waals surface area contributed by atoms with Gasteiger partial charge in [-0.25, -0.2) is 4.39 Å². The zero-order valence-electron chi connectivity index (χ0n) is 15.8. The zero-order chi connectivity index (χ0) is 20.9. The minimum Gasteiger partial charge on any atom is -0.330 e. The Morgan fingerprint density at radius 2 is 1.90 bits per heavy atom. The molecular weight excluding hydrogens is 423 g/mol. The number of nitrogens with zero attached hydrogens (tertiary/aromatic N) is 4. The SMILES string of the molecule is Fc1ccccc1Cn1ccc(NC(=S)Nc2cnn(Cc3cccc(Cl)c3)c2)n1. The van der Waals surface area contributed by atoms with Crippen LogP contribution >= 0.6 is 23.8 Å². The fourth-order valence-corrected chi connectivity index (χ4v) is 3.37. The van der Waals surface area contributed by atoms with E-state index in [-0.39, 0.29) is 5.82 Å². The van der Waals surface area contributed by atoms with E-state index in [2.05, 4.69) is 20.8 Å². The lowest BCUT2D eigenvalue weighted by Crippen LogP contribution is -2.19. The molecule has 2 N–H and O–H groups in total. The van der Waals surface area contributed by atoms with E-state index >= 15 is 0 Å². The molecule has 0 saturated carbocycles. The first-order chi connectivity index (χ1) is 14.5. The third kappa shape index (κ3) is 5.22. The van der Waals surface area contributed by atoms with Gasteiger partial charge in [-0.1, -0.05) is 41.9 Å². The van der Waals surface area contributed by atoms with Gasteiger partial charge in [-0.15, -0.1) is 0 Å². The van der Waals surface area contributed by atoms with Crippen LogP contribution in [0.5, 0.6) is 0 Å². The molecular formula is C21H18ClFN6S. The topological polar surface area (TPSA) is 59.7 Å². The molecule has 9 heteroatoms. The average molecular weight is 441 g/mol. The summed E-state index contributed by atoms with van der Waals surface area (Å²) in [4.78, 5) is 0. The van der Waals surface area contributed by atoms with Gasteiger partial charge in [0.15, 0.2) is 10.9 Å². The minimum absolute atomic E-state index is 0.255. The molecule has 0 radical (unpaired) electrons. The molecule has 2 heterocycles. The van der Waals surface area contributed by atoms with Crippen LogP contribution in [0.2, 0.25) is 5.02 Å². The summed E-state index contributed by atoms with van der Waals surface area (Å²) in [5.41, 5.74) is 2.37. The molecule has 0 fully saturated rings. The smallest absolute Gasteiger partial charge is 0.176 e. The van der Waals surface area contributed by atoms with Crippen molar-refractivity contribution in [1.82, 2.24) is 19.6 Å². The molecule has 30 heavy (non-hydrogen) atoms. The maximum atomic E-state index is 13.8. The third-order valence-corrected chi connectivity index (χ3v) is 4.74. The van der Waals surface area contributed by atoms with Crippen molar-refractivity contribution in [3.8, 4) is 0 Å². The van der Waals surface area contributed by atoms with Crippen LogP contribution < -0.4 is 10.6 Å². The lowest BCUT2D eigenvalue weighted by atomic mass is 10.2. The van der Waals surface area contributed by atoms with Gasteiger partial charge in [-0.3, -0.25) is 9.36 Å². The molecule has 2 aromatic carbocycles. The lowest BCUT2D eigenvalue weighted by Gasteiger charge is -2.07. The lowest BCUT2D eigenvalue weighted by molar-refractivity contribution is 0.586. The van der Waals surface area contributed by atoms with Crippen LogP contribution in [0.4, 0.5) is 15.9 Å². The molecule has 4 rings (SSSR count). The number of hydrogen-bond donors (Lipinski definition) is 2. The molecule has 152 valence electrons. The van der Waals surface area contributed by atoms with Crippen LogP contribution in [0, 0.1) is 5.82 Å². The van der Waals surface area contributed by atoms with Crippen LogP contribution in [0.3, 0.4) is 0 Å². The highest BCUT2D eigenvalue weighted by Gasteiger charge is 2.07. The van der Waals surface area contributed by atoms with E-state index < -0.39 is 0 Å². The monoisotopic (exact) mass is 440 g/mol. The van der Waals surface area contributed by atoms with Gasteiger partial charge in [0.1, 0.15) is 5.82 Å². The molecule has 0 spiro atoms. The van der Waals surface area contributed by atoms with E-state index in [9.17, 15) is 4.39 Å². The molecule has 4 aromatic rings. The van der Waals surface area contributed by atoms with Gasteiger partial charge in [0, 0.05) is 29.0 Å². The van der Waals surface area contributed by atoms with E-state index in [4.69, 9.17) is 23.8 Å². The van der Waals surface area contributed by atoms with Crippen molar-refractivity contribution >= 4 is 40.4 Å². The van der Waals surface area contributed by atoms with Gasteiger partial charge in [0.05, 0.1) is 25.0 Å². The van der Waals surface area contributed by atoms with E-state index in [1.54, 1.807) is 46.0 Å². The molecule has 0 amide bonds. The van der Waals surface area contributed by atoms with Gasteiger partial charge in [0.2, 0.25) is 0 Å². The summed E-state index contributed by atoms with van der Waals surface area (Å²) in [6, 6.07) is 16.0. The molecule has 0 saturated heterocycles. The Morgan fingerprint density at radius 3 is 2.73 bits per heavy atom. The van der Waals surface area contributed by atoms with Crippen molar-refractivity contribution in [1.29, 1.82) is 0 Å². The molecule has 0 aliphatic heterocycles. The van der Waals surface area contributed by atoms with Gasteiger partial charge in [-0.05, 0) is 36.0 Å². The van der Waals surface area contributed by atoms with E-state index in [0.717, 1.165) is 11.3 Å². The number of halogens is 2. The van der Waals surface area contributed by atoms with Crippen molar-refractivity contribution in [2.45, 2.75) is 13.1 Å². The Hall–Kier alpha value is -3.23. The van der Waals surface area contributed by atoms with Crippen LogP contribution in [0.25, 0.3) is 0 Å². The summed E-state index contributed by atoms with van der Waals surface area (Å²) in [5, 5.41) is 15.9. The third-order valence-electron chi connectivity index (χ3n) is 4.30. The van der Waals surface area contributed by atoms with Crippen LogP contribution in [-0.2, 0) is 13.1 Å². The van der Waals surface area contributed by atoms with Crippen LogP contribution in [0.1, 0.15) is 11.1 Å². The summed E-state index contributed by atoms with van der Waals surface area (Å²) < 4.78 is 17.2. The van der Waals surface area contributed by atoms with Gasteiger partial charge < -0.3 is 10.6 Å². The number of thiocarbonyl (C=S) groups is 1. The fourth-order valence-electron chi connectivity index (χ4n) is 2.93. The Morgan fingerprint density at radius 1 is 1.03 bits per heavy atom. The number of rotatable bonds is 6. The second kappa shape index (κ2) is 9.06. The first-order valence-electron chi connectivity index (χ1n) is 9.17. The highest BCUT2D eigenvalue weighted by atomic mass is 35.5. The fraction of sp³-hybridized carbons (Fsp3) is 0.0952. The molecule has 2 aromatic heterocycles. The quantitative estimate of drug-likeness (QED) is 0.423. The van der Waals surface area contributed by atoms with Gasteiger partial charge >= 0.3 is 0 Å². The predicted molar refractivity (Wildman–Crippen MR) is 120 cm³/mol. The number of hydrogen-bond acceptors (Lipinski definition) is 3. The van der Waals surface area contributed by atoms with Crippen molar-refractivity contribution in [2.24, 2.45) is 0 Å². The Balaban J connectivity index is 1.32. The van der Waals surface area contributed by atoms with Crippen LogP contribution in [0.15, 0.2) is 73.2 Å². The minimum atomic E-state index is -0.255. The summed E-state index contributed by atoms with van der Waals surface area (Å²) >= 11 is 11.4. The Kier molecular flexibility index (Phi) is 6.06.